The number of anilines is 2. The highest BCUT2D eigenvalue weighted by molar-refractivity contribution is 5.96. The molecule has 1 fully saturated rings. The molecular weight excluding hydrogens is 402 g/mol. The van der Waals surface area contributed by atoms with Gasteiger partial charge < -0.3 is 15.0 Å². The number of ketones is 1. The summed E-state index contributed by atoms with van der Waals surface area (Å²) < 4.78 is 5.86. The van der Waals surface area contributed by atoms with E-state index in [0.717, 1.165) is 29.7 Å². The number of rotatable bonds is 7. The maximum Gasteiger partial charge on any atom is 0.262 e. The summed E-state index contributed by atoms with van der Waals surface area (Å²) in [7, 11) is 0. The third-order valence-electron chi connectivity index (χ3n) is 6.00. The van der Waals surface area contributed by atoms with E-state index in [1.165, 1.54) is 26.2 Å². The molecular formula is C26H29N3O3. The zero-order valence-electron chi connectivity index (χ0n) is 18.6. The molecule has 0 bridgehead atoms. The number of para-hydroxylation sites is 1. The van der Waals surface area contributed by atoms with Crippen LogP contribution in [0, 0.1) is 0 Å². The smallest absolute Gasteiger partial charge is 0.262 e. The molecule has 1 aliphatic heterocycles. The molecule has 0 spiro atoms. The van der Waals surface area contributed by atoms with E-state index in [2.05, 4.69) is 29.3 Å². The van der Waals surface area contributed by atoms with Crippen molar-refractivity contribution in [1.82, 2.24) is 4.98 Å². The Hall–Kier alpha value is -3.41. The van der Waals surface area contributed by atoms with Gasteiger partial charge in [-0.25, -0.2) is 4.98 Å². The summed E-state index contributed by atoms with van der Waals surface area (Å²) in [5, 5.41) is 3.78. The van der Waals surface area contributed by atoms with Crippen molar-refractivity contribution in [3.63, 3.8) is 0 Å². The Labute approximate surface area is 188 Å². The predicted octanol–water partition coefficient (Wildman–Crippen LogP) is 5.22. The number of carbonyl (C=O) groups is 2. The van der Waals surface area contributed by atoms with Gasteiger partial charge in [-0.05, 0) is 75.1 Å². The number of nitrogens with one attached hydrogen (secondary N) is 1. The van der Waals surface area contributed by atoms with Gasteiger partial charge >= 0.3 is 0 Å². The standard InChI is InChI=1S/C26H29N3O3/c1-3-22-8-4-5-16-29(22)24-15-12-20-7-6-9-23(26(20)28-24)32-17-25(31)27-21-13-10-19(11-14-21)18(2)30/h6-7,9-15,22H,3-5,8,16-17H2,1-2H3,(H,27,31). The van der Waals surface area contributed by atoms with Gasteiger partial charge in [-0.3, -0.25) is 9.59 Å². The minimum atomic E-state index is -0.268. The Morgan fingerprint density at radius 1 is 1.09 bits per heavy atom. The van der Waals surface area contributed by atoms with E-state index in [4.69, 9.17) is 9.72 Å². The summed E-state index contributed by atoms with van der Waals surface area (Å²) in [4.78, 5) is 31.1. The lowest BCUT2D eigenvalue weighted by Gasteiger charge is -2.36. The van der Waals surface area contributed by atoms with Crippen LogP contribution in [0.1, 0.15) is 49.9 Å². The fraction of sp³-hybridized carbons (Fsp3) is 0.346. The average molecular weight is 432 g/mol. The largest absolute Gasteiger partial charge is 0.481 e. The van der Waals surface area contributed by atoms with E-state index >= 15 is 0 Å². The molecule has 2 heterocycles. The van der Waals surface area contributed by atoms with Crippen LogP contribution < -0.4 is 15.0 Å². The Morgan fingerprint density at radius 3 is 2.66 bits per heavy atom. The van der Waals surface area contributed by atoms with Gasteiger partial charge in [0.1, 0.15) is 17.1 Å². The molecule has 1 amide bonds. The van der Waals surface area contributed by atoms with Crippen molar-refractivity contribution in [3.8, 4) is 5.75 Å². The van der Waals surface area contributed by atoms with Crippen LogP contribution in [0.4, 0.5) is 11.5 Å². The fourth-order valence-corrected chi connectivity index (χ4v) is 4.24. The number of benzene rings is 2. The van der Waals surface area contributed by atoms with Crippen LogP contribution in [0.5, 0.6) is 5.75 Å². The van der Waals surface area contributed by atoms with Crippen LogP contribution in [-0.4, -0.2) is 35.9 Å². The molecule has 6 heteroatoms. The van der Waals surface area contributed by atoms with Crippen molar-refractivity contribution in [1.29, 1.82) is 0 Å². The highest BCUT2D eigenvalue weighted by Crippen LogP contribution is 2.30. The lowest BCUT2D eigenvalue weighted by Crippen LogP contribution is -2.39. The molecule has 3 aromatic rings. The maximum atomic E-state index is 12.4. The number of carbonyl (C=O) groups excluding carboxylic acids is 2. The summed E-state index contributed by atoms with van der Waals surface area (Å²) in [6.07, 6.45) is 4.75. The first-order valence-corrected chi connectivity index (χ1v) is 11.2. The van der Waals surface area contributed by atoms with E-state index in [9.17, 15) is 9.59 Å². The fourth-order valence-electron chi connectivity index (χ4n) is 4.24. The topological polar surface area (TPSA) is 71.5 Å². The van der Waals surface area contributed by atoms with Gasteiger partial charge in [-0.2, -0.15) is 0 Å². The van der Waals surface area contributed by atoms with Crippen LogP contribution in [0.25, 0.3) is 10.9 Å². The molecule has 1 aliphatic rings. The molecule has 1 saturated heterocycles. The first-order valence-electron chi connectivity index (χ1n) is 11.2. The van der Waals surface area contributed by atoms with Crippen molar-refractivity contribution < 1.29 is 14.3 Å². The zero-order chi connectivity index (χ0) is 22.5. The summed E-state index contributed by atoms with van der Waals surface area (Å²) in [5.74, 6) is 1.28. The highest BCUT2D eigenvalue weighted by atomic mass is 16.5. The van der Waals surface area contributed by atoms with Crippen molar-refractivity contribution in [2.75, 3.05) is 23.4 Å². The van der Waals surface area contributed by atoms with E-state index < -0.39 is 0 Å². The summed E-state index contributed by atoms with van der Waals surface area (Å²) in [6.45, 7) is 4.63. The second-order valence-corrected chi connectivity index (χ2v) is 8.22. The molecule has 1 aromatic heterocycles. The molecule has 0 saturated carbocycles. The van der Waals surface area contributed by atoms with Gasteiger partial charge in [0, 0.05) is 29.2 Å². The number of aromatic nitrogens is 1. The van der Waals surface area contributed by atoms with Crippen molar-refractivity contribution in [3.05, 3.63) is 60.2 Å². The van der Waals surface area contributed by atoms with Gasteiger partial charge in [0.05, 0.1) is 0 Å². The number of Topliss-reactive ketones (excluding diaryl/α,β-unsaturated/α-hetero) is 1. The molecule has 2 aromatic carbocycles. The molecule has 0 radical (unpaired) electrons. The molecule has 4 rings (SSSR count). The quantitative estimate of drug-likeness (QED) is 0.519. The van der Waals surface area contributed by atoms with Crippen LogP contribution in [0.2, 0.25) is 0 Å². The van der Waals surface area contributed by atoms with Gasteiger partial charge in [0.25, 0.3) is 5.91 Å². The zero-order valence-corrected chi connectivity index (χ0v) is 18.6. The molecule has 1 N–H and O–H groups in total. The van der Waals surface area contributed by atoms with Crippen LogP contribution in [-0.2, 0) is 4.79 Å². The van der Waals surface area contributed by atoms with Crippen molar-refractivity contribution in [2.45, 2.75) is 45.6 Å². The Morgan fingerprint density at radius 2 is 1.91 bits per heavy atom. The molecule has 6 nitrogen and oxygen atoms in total. The van der Waals surface area contributed by atoms with E-state index in [0.29, 0.717) is 23.0 Å². The summed E-state index contributed by atoms with van der Waals surface area (Å²) in [5.41, 5.74) is 2.00. The molecule has 166 valence electrons. The second kappa shape index (κ2) is 9.81. The maximum absolute atomic E-state index is 12.4. The van der Waals surface area contributed by atoms with Gasteiger partial charge in [0.2, 0.25) is 0 Å². The highest BCUT2D eigenvalue weighted by Gasteiger charge is 2.22. The number of nitrogens with zero attached hydrogens (tertiary/aromatic N) is 2. The van der Waals surface area contributed by atoms with E-state index in [-0.39, 0.29) is 18.3 Å². The van der Waals surface area contributed by atoms with Crippen molar-refractivity contribution >= 4 is 34.1 Å². The number of fused-ring (bicyclic) bond motifs is 1. The number of ether oxygens (including phenoxy) is 1. The average Bonchev–Trinajstić information content (AvgIpc) is 2.82. The van der Waals surface area contributed by atoms with E-state index in [1.54, 1.807) is 24.3 Å². The summed E-state index contributed by atoms with van der Waals surface area (Å²) in [6, 6.07) is 17.2. The SMILES string of the molecule is CCC1CCCCN1c1ccc2cccc(OCC(=O)Nc3ccc(C(C)=O)cc3)c2n1. The lowest BCUT2D eigenvalue weighted by atomic mass is 10.00. The second-order valence-electron chi connectivity index (χ2n) is 8.22. The van der Waals surface area contributed by atoms with Gasteiger partial charge in [0.15, 0.2) is 12.4 Å². The monoisotopic (exact) mass is 431 g/mol. The molecule has 1 atom stereocenters. The number of hydrogen-bond donors (Lipinski definition) is 1. The first kappa shape index (κ1) is 21.8. The van der Waals surface area contributed by atoms with Crippen LogP contribution >= 0.6 is 0 Å². The number of piperidine rings is 1. The number of pyridine rings is 1. The van der Waals surface area contributed by atoms with Crippen molar-refractivity contribution in [2.24, 2.45) is 0 Å². The Balaban J connectivity index is 1.47. The van der Waals surface area contributed by atoms with Gasteiger partial charge in [-0.1, -0.05) is 19.1 Å². The predicted molar refractivity (Wildman–Crippen MR) is 128 cm³/mol. The van der Waals surface area contributed by atoms with Gasteiger partial charge in [-0.15, -0.1) is 0 Å². The van der Waals surface area contributed by atoms with Crippen LogP contribution in [0.3, 0.4) is 0 Å². The Bertz CT molecular complexity index is 1110. The molecule has 1 unspecified atom stereocenters. The minimum Gasteiger partial charge on any atom is -0.481 e. The number of amides is 1. The lowest BCUT2D eigenvalue weighted by molar-refractivity contribution is -0.118. The van der Waals surface area contributed by atoms with E-state index in [1.807, 2.05) is 18.2 Å². The minimum absolute atomic E-state index is 0.0103. The third kappa shape index (κ3) is 4.90. The first-order chi connectivity index (χ1) is 15.5. The normalized spacial score (nSPS) is 16.1. The third-order valence-corrected chi connectivity index (χ3v) is 6.00. The Kier molecular flexibility index (Phi) is 6.69. The molecule has 0 aliphatic carbocycles. The number of hydrogen-bond acceptors (Lipinski definition) is 5. The summed E-state index contributed by atoms with van der Waals surface area (Å²) >= 11 is 0. The molecule has 32 heavy (non-hydrogen) atoms. The van der Waals surface area contributed by atoms with Crippen LogP contribution in [0.15, 0.2) is 54.6 Å².